The van der Waals surface area contributed by atoms with E-state index < -0.39 is 0 Å². The zero-order chi connectivity index (χ0) is 17.9. The Bertz CT molecular complexity index is 661. The molecule has 1 aliphatic carbocycles. The maximum absolute atomic E-state index is 12.5. The number of hydrogen-bond donors (Lipinski definition) is 1. The summed E-state index contributed by atoms with van der Waals surface area (Å²) in [6.07, 6.45) is 3.69. The molecular weight excluding hydrogens is 322 g/mol. The highest BCUT2D eigenvalue weighted by molar-refractivity contribution is 5.93. The van der Waals surface area contributed by atoms with Crippen molar-refractivity contribution in [2.75, 3.05) is 39.5 Å². The molecule has 0 unspecified atom stereocenters. The van der Waals surface area contributed by atoms with Gasteiger partial charge in [-0.1, -0.05) is 0 Å². The molecule has 1 saturated heterocycles. The lowest BCUT2D eigenvalue weighted by atomic mass is 9.72. The Labute approximate surface area is 147 Å². The molecular formula is C18H27N3O4. The Kier molecular flexibility index (Phi) is 5.56. The van der Waals surface area contributed by atoms with Gasteiger partial charge < -0.3 is 19.4 Å². The SMILES string of the molecule is CCOC1CC(CNC(=O)c2ccc(=O)n(C)c2)(N2CCOCC2)C1. The first-order valence-corrected chi connectivity index (χ1v) is 8.93. The van der Waals surface area contributed by atoms with Crippen LogP contribution in [-0.2, 0) is 16.5 Å². The predicted octanol–water partition coefficient (Wildman–Crippen LogP) is 0.385. The third-order valence-corrected chi connectivity index (χ3v) is 5.23. The molecule has 1 amide bonds. The van der Waals surface area contributed by atoms with Crippen molar-refractivity contribution in [3.8, 4) is 0 Å². The minimum absolute atomic E-state index is 0.0556. The third-order valence-electron chi connectivity index (χ3n) is 5.23. The van der Waals surface area contributed by atoms with Crippen LogP contribution < -0.4 is 10.9 Å². The summed E-state index contributed by atoms with van der Waals surface area (Å²) >= 11 is 0. The predicted molar refractivity (Wildman–Crippen MR) is 93.8 cm³/mol. The minimum atomic E-state index is -0.150. The number of ether oxygens (including phenoxy) is 2. The Morgan fingerprint density at radius 2 is 2.08 bits per heavy atom. The van der Waals surface area contributed by atoms with Crippen LogP contribution in [0.2, 0.25) is 0 Å². The van der Waals surface area contributed by atoms with Crippen LogP contribution in [0.3, 0.4) is 0 Å². The first kappa shape index (κ1) is 18.1. The second-order valence-electron chi connectivity index (χ2n) is 6.86. The molecule has 2 fully saturated rings. The van der Waals surface area contributed by atoms with Gasteiger partial charge in [-0.05, 0) is 25.8 Å². The van der Waals surface area contributed by atoms with E-state index >= 15 is 0 Å². The van der Waals surface area contributed by atoms with Gasteiger partial charge in [0, 0.05) is 51.1 Å². The number of carbonyl (C=O) groups excluding carboxylic acids is 1. The molecule has 138 valence electrons. The molecule has 7 nitrogen and oxygen atoms in total. The number of pyridine rings is 1. The molecule has 0 spiro atoms. The van der Waals surface area contributed by atoms with E-state index in [4.69, 9.17) is 9.47 Å². The summed E-state index contributed by atoms with van der Waals surface area (Å²) in [4.78, 5) is 26.4. The molecule has 3 rings (SSSR count). The van der Waals surface area contributed by atoms with Crippen molar-refractivity contribution in [2.45, 2.75) is 31.4 Å². The lowest BCUT2D eigenvalue weighted by Gasteiger charge is -2.55. The van der Waals surface area contributed by atoms with Crippen LogP contribution in [0.25, 0.3) is 0 Å². The van der Waals surface area contributed by atoms with E-state index in [1.807, 2.05) is 6.92 Å². The van der Waals surface area contributed by atoms with Crippen LogP contribution in [0, 0.1) is 0 Å². The first-order valence-electron chi connectivity index (χ1n) is 8.93. The summed E-state index contributed by atoms with van der Waals surface area (Å²) in [6.45, 7) is 6.54. The van der Waals surface area contributed by atoms with Crippen molar-refractivity contribution >= 4 is 5.91 Å². The second kappa shape index (κ2) is 7.68. The van der Waals surface area contributed by atoms with Gasteiger partial charge in [0.2, 0.25) is 5.56 Å². The minimum Gasteiger partial charge on any atom is -0.379 e. The summed E-state index contributed by atoms with van der Waals surface area (Å²) in [5.41, 5.74) is 0.319. The van der Waals surface area contributed by atoms with E-state index in [0.717, 1.165) is 39.1 Å². The number of aryl methyl sites for hydroxylation is 1. The molecule has 7 heteroatoms. The van der Waals surface area contributed by atoms with Gasteiger partial charge in [0.25, 0.3) is 5.91 Å². The maximum atomic E-state index is 12.5. The van der Waals surface area contributed by atoms with Gasteiger partial charge in [-0.2, -0.15) is 0 Å². The molecule has 1 N–H and O–H groups in total. The fourth-order valence-corrected chi connectivity index (χ4v) is 3.77. The number of carbonyl (C=O) groups is 1. The highest BCUT2D eigenvalue weighted by Crippen LogP contribution is 2.39. The Morgan fingerprint density at radius 3 is 2.72 bits per heavy atom. The fourth-order valence-electron chi connectivity index (χ4n) is 3.77. The molecule has 0 atom stereocenters. The molecule has 0 radical (unpaired) electrons. The van der Waals surface area contributed by atoms with Crippen LogP contribution >= 0.6 is 0 Å². The number of hydrogen-bond acceptors (Lipinski definition) is 5. The third kappa shape index (κ3) is 3.94. The Morgan fingerprint density at radius 1 is 1.36 bits per heavy atom. The molecule has 25 heavy (non-hydrogen) atoms. The zero-order valence-electron chi connectivity index (χ0n) is 15.0. The second-order valence-corrected chi connectivity index (χ2v) is 6.86. The largest absolute Gasteiger partial charge is 0.379 e. The van der Waals surface area contributed by atoms with Gasteiger partial charge in [0.05, 0.1) is 24.9 Å². The Hall–Kier alpha value is -1.70. The molecule has 1 aromatic heterocycles. The highest BCUT2D eigenvalue weighted by atomic mass is 16.5. The van der Waals surface area contributed by atoms with Gasteiger partial charge in [-0.3, -0.25) is 14.5 Å². The normalized spacial score (nSPS) is 26.9. The summed E-state index contributed by atoms with van der Waals surface area (Å²) in [5.74, 6) is -0.150. The average molecular weight is 349 g/mol. The van der Waals surface area contributed by atoms with Crippen molar-refractivity contribution in [1.29, 1.82) is 0 Å². The highest BCUT2D eigenvalue weighted by Gasteiger charge is 2.49. The number of nitrogens with zero attached hydrogens (tertiary/aromatic N) is 2. The number of nitrogens with one attached hydrogen (secondary N) is 1. The molecule has 1 aliphatic heterocycles. The summed E-state index contributed by atoms with van der Waals surface area (Å²) in [5, 5.41) is 3.06. The molecule has 2 heterocycles. The van der Waals surface area contributed by atoms with Gasteiger partial charge in [-0.25, -0.2) is 0 Å². The van der Waals surface area contributed by atoms with Crippen LogP contribution in [-0.4, -0.2) is 66.5 Å². The maximum Gasteiger partial charge on any atom is 0.252 e. The van der Waals surface area contributed by atoms with Crippen LogP contribution in [0.4, 0.5) is 0 Å². The molecule has 0 aromatic carbocycles. The van der Waals surface area contributed by atoms with E-state index in [9.17, 15) is 9.59 Å². The van der Waals surface area contributed by atoms with Gasteiger partial charge in [0.1, 0.15) is 0 Å². The average Bonchev–Trinajstić information content (AvgIpc) is 2.59. The number of amides is 1. The number of morpholine rings is 1. The summed E-state index contributed by atoms with van der Waals surface area (Å²) < 4.78 is 12.6. The van der Waals surface area contributed by atoms with Crippen molar-refractivity contribution in [3.05, 3.63) is 34.2 Å². The zero-order valence-corrected chi connectivity index (χ0v) is 15.0. The molecule has 0 bridgehead atoms. The van der Waals surface area contributed by atoms with Gasteiger partial charge >= 0.3 is 0 Å². The van der Waals surface area contributed by atoms with Crippen LogP contribution in [0.1, 0.15) is 30.1 Å². The van der Waals surface area contributed by atoms with Crippen molar-refractivity contribution in [3.63, 3.8) is 0 Å². The summed E-state index contributed by atoms with van der Waals surface area (Å²) in [7, 11) is 1.65. The van der Waals surface area contributed by atoms with Crippen molar-refractivity contribution in [2.24, 2.45) is 7.05 Å². The standard InChI is InChI=1S/C18H27N3O4/c1-3-25-15-10-18(11-15,21-6-8-24-9-7-21)13-19-17(23)14-4-5-16(22)20(2)12-14/h4-5,12,15H,3,6-11,13H2,1-2H3,(H,19,23). The lowest BCUT2D eigenvalue weighted by Crippen LogP contribution is -2.67. The van der Waals surface area contributed by atoms with E-state index in [0.29, 0.717) is 18.7 Å². The smallest absolute Gasteiger partial charge is 0.252 e. The Balaban J connectivity index is 1.65. The van der Waals surface area contributed by atoms with E-state index in [1.165, 1.54) is 10.6 Å². The molecule has 2 aliphatic rings. The monoisotopic (exact) mass is 349 g/mol. The topological polar surface area (TPSA) is 72.8 Å². The number of aromatic nitrogens is 1. The van der Waals surface area contributed by atoms with Crippen molar-refractivity contribution < 1.29 is 14.3 Å². The van der Waals surface area contributed by atoms with Crippen molar-refractivity contribution in [1.82, 2.24) is 14.8 Å². The first-order chi connectivity index (χ1) is 12.0. The van der Waals surface area contributed by atoms with Crippen LogP contribution in [0.5, 0.6) is 0 Å². The number of rotatable bonds is 6. The van der Waals surface area contributed by atoms with Crippen LogP contribution in [0.15, 0.2) is 23.1 Å². The molecule has 1 aromatic rings. The van der Waals surface area contributed by atoms with E-state index in [-0.39, 0.29) is 23.1 Å². The fraction of sp³-hybridized carbons (Fsp3) is 0.667. The van der Waals surface area contributed by atoms with E-state index in [1.54, 1.807) is 19.3 Å². The summed E-state index contributed by atoms with van der Waals surface area (Å²) in [6, 6.07) is 2.99. The quantitative estimate of drug-likeness (QED) is 0.804. The van der Waals surface area contributed by atoms with Gasteiger partial charge in [0.15, 0.2) is 0 Å². The van der Waals surface area contributed by atoms with E-state index in [2.05, 4.69) is 10.2 Å². The van der Waals surface area contributed by atoms with Gasteiger partial charge in [-0.15, -0.1) is 0 Å². The lowest BCUT2D eigenvalue weighted by molar-refractivity contribution is -0.124. The molecule has 1 saturated carbocycles.